The van der Waals surface area contributed by atoms with Gasteiger partial charge in [0.1, 0.15) is 0 Å². The fourth-order valence-corrected chi connectivity index (χ4v) is 8.65. The van der Waals surface area contributed by atoms with Crippen molar-refractivity contribution in [2.24, 2.45) is 5.92 Å². The Morgan fingerprint density at radius 2 is 1.17 bits per heavy atom. The zero-order valence-corrected chi connectivity index (χ0v) is 27.6. The van der Waals surface area contributed by atoms with E-state index in [-0.39, 0.29) is 10.8 Å². The molecule has 47 heavy (non-hydrogen) atoms. The first-order valence-electron chi connectivity index (χ1n) is 17.0. The molecule has 0 heterocycles. The summed E-state index contributed by atoms with van der Waals surface area (Å²) in [5.41, 5.74) is 18.6. The molecule has 0 amide bonds. The SMILES string of the molecule is CC1(C)C2=C(CC3C=CC=CC3=C2)c2ccc(N(c3ccc(-c4ccccc4)cc3)c3ccc4c(c3)C(C)(C)c3ccccc3-4)cc21. The van der Waals surface area contributed by atoms with Gasteiger partial charge in [0, 0.05) is 33.8 Å². The number of hydrogen-bond acceptors (Lipinski definition) is 1. The Labute approximate surface area is 278 Å². The van der Waals surface area contributed by atoms with Crippen LogP contribution in [0, 0.1) is 5.92 Å². The maximum atomic E-state index is 2.48. The minimum absolute atomic E-state index is 0.0686. The average molecular weight is 606 g/mol. The largest absolute Gasteiger partial charge is 0.310 e. The van der Waals surface area contributed by atoms with E-state index in [1.807, 2.05) is 0 Å². The summed E-state index contributed by atoms with van der Waals surface area (Å²) >= 11 is 0. The molecule has 0 aliphatic heterocycles. The Bertz CT molecular complexity index is 2200. The molecule has 0 radical (unpaired) electrons. The molecule has 4 aliphatic carbocycles. The van der Waals surface area contributed by atoms with Crippen LogP contribution in [0.4, 0.5) is 17.1 Å². The monoisotopic (exact) mass is 605 g/mol. The summed E-state index contributed by atoms with van der Waals surface area (Å²) in [5, 5.41) is 0. The molecule has 0 bridgehead atoms. The quantitative estimate of drug-likeness (QED) is 0.197. The van der Waals surface area contributed by atoms with Crippen molar-refractivity contribution in [1.29, 1.82) is 0 Å². The highest BCUT2D eigenvalue weighted by Crippen LogP contribution is 2.55. The van der Waals surface area contributed by atoms with E-state index in [2.05, 4.69) is 178 Å². The van der Waals surface area contributed by atoms with Crippen molar-refractivity contribution in [3.8, 4) is 22.3 Å². The zero-order valence-electron chi connectivity index (χ0n) is 27.6. The first-order valence-corrected chi connectivity index (χ1v) is 17.0. The van der Waals surface area contributed by atoms with Crippen LogP contribution in [0.1, 0.15) is 56.4 Å². The van der Waals surface area contributed by atoms with Crippen LogP contribution in [0.3, 0.4) is 0 Å². The molecule has 1 unspecified atom stereocenters. The van der Waals surface area contributed by atoms with E-state index < -0.39 is 0 Å². The molecule has 0 saturated carbocycles. The molecule has 5 aromatic carbocycles. The average Bonchev–Trinajstić information content (AvgIpc) is 3.47. The third kappa shape index (κ3) is 4.22. The number of nitrogens with zero attached hydrogens (tertiary/aromatic N) is 1. The van der Waals surface area contributed by atoms with E-state index >= 15 is 0 Å². The van der Waals surface area contributed by atoms with Crippen LogP contribution in [-0.4, -0.2) is 0 Å². The Morgan fingerprint density at radius 1 is 0.553 bits per heavy atom. The lowest BCUT2D eigenvalue weighted by Gasteiger charge is -2.30. The molecule has 4 aliphatic rings. The van der Waals surface area contributed by atoms with E-state index in [9.17, 15) is 0 Å². The highest BCUT2D eigenvalue weighted by Gasteiger charge is 2.40. The minimum atomic E-state index is -0.0714. The third-order valence-electron chi connectivity index (χ3n) is 11.2. The van der Waals surface area contributed by atoms with Gasteiger partial charge < -0.3 is 4.90 Å². The summed E-state index contributed by atoms with van der Waals surface area (Å²) in [4.78, 5) is 2.46. The lowest BCUT2D eigenvalue weighted by molar-refractivity contribution is 0.644. The third-order valence-corrected chi connectivity index (χ3v) is 11.2. The Hall–Kier alpha value is -5.14. The lowest BCUT2D eigenvalue weighted by Crippen LogP contribution is -2.19. The van der Waals surface area contributed by atoms with Crippen LogP contribution in [0.2, 0.25) is 0 Å². The minimum Gasteiger partial charge on any atom is -0.310 e. The van der Waals surface area contributed by atoms with Crippen molar-refractivity contribution in [2.75, 3.05) is 4.90 Å². The van der Waals surface area contributed by atoms with Crippen molar-refractivity contribution in [3.05, 3.63) is 179 Å². The van der Waals surface area contributed by atoms with Crippen LogP contribution >= 0.6 is 0 Å². The van der Waals surface area contributed by atoms with Gasteiger partial charge in [-0.3, -0.25) is 0 Å². The van der Waals surface area contributed by atoms with Crippen LogP contribution < -0.4 is 4.90 Å². The fourth-order valence-electron chi connectivity index (χ4n) is 8.65. The Balaban J connectivity index is 1.18. The number of hydrogen-bond donors (Lipinski definition) is 0. The second-order valence-electron chi connectivity index (χ2n) is 14.6. The maximum absolute atomic E-state index is 2.48. The predicted octanol–water partition coefficient (Wildman–Crippen LogP) is 12.2. The topological polar surface area (TPSA) is 3.24 Å². The molecule has 1 nitrogen and oxygen atoms in total. The first-order chi connectivity index (χ1) is 22.8. The molecule has 1 atom stereocenters. The van der Waals surface area contributed by atoms with Gasteiger partial charge in [-0.1, -0.05) is 137 Å². The van der Waals surface area contributed by atoms with Crippen LogP contribution in [0.5, 0.6) is 0 Å². The van der Waals surface area contributed by atoms with E-state index in [1.165, 1.54) is 72.6 Å². The van der Waals surface area contributed by atoms with Gasteiger partial charge >= 0.3 is 0 Å². The summed E-state index contributed by atoms with van der Waals surface area (Å²) < 4.78 is 0. The zero-order chi connectivity index (χ0) is 31.9. The van der Waals surface area contributed by atoms with E-state index in [0.29, 0.717) is 5.92 Å². The molecular weight excluding hydrogens is 567 g/mol. The van der Waals surface area contributed by atoms with E-state index in [4.69, 9.17) is 0 Å². The molecule has 228 valence electrons. The Kier molecular flexibility index (Phi) is 6.09. The van der Waals surface area contributed by atoms with Crippen LogP contribution in [0.15, 0.2) is 157 Å². The lowest BCUT2D eigenvalue weighted by atomic mass is 9.75. The first kappa shape index (κ1) is 28.1. The summed E-state index contributed by atoms with van der Waals surface area (Å²) in [6.07, 6.45) is 12.6. The molecule has 0 spiro atoms. The maximum Gasteiger partial charge on any atom is 0.0465 e. The molecule has 0 fully saturated rings. The van der Waals surface area contributed by atoms with E-state index in [1.54, 1.807) is 0 Å². The van der Waals surface area contributed by atoms with Crippen molar-refractivity contribution in [3.63, 3.8) is 0 Å². The molecule has 0 aromatic heterocycles. The number of anilines is 3. The molecular formula is C46H39N. The fraction of sp³-hybridized carbons (Fsp3) is 0.174. The van der Waals surface area contributed by atoms with Gasteiger partial charge in [0.2, 0.25) is 0 Å². The molecule has 0 saturated heterocycles. The molecule has 0 N–H and O–H groups in total. The molecule has 1 heteroatoms. The number of rotatable bonds is 4. The number of benzene rings is 5. The summed E-state index contributed by atoms with van der Waals surface area (Å²) in [6.45, 7) is 9.55. The standard InChI is InChI=1S/C46H39N/c1-45(2)41-17-11-10-16-37(41)38-24-22-35(28-43(38)45)47(34-20-18-31(19-21-34)30-12-6-5-7-13-30)36-23-25-39-40-26-32-14-8-9-15-33(32)27-42(40)46(3,4)44(39)29-36/h5-25,27-29,32H,26H2,1-4H3. The summed E-state index contributed by atoms with van der Waals surface area (Å²) in [5.74, 6) is 0.471. The molecule has 9 rings (SSSR count). The van der Waals surface area contributed by atoms with Gasteiger partial charge in [-0.15, -0.1) is 0 Å². The second kappa shape index (κ2) is 10.2. The van der Waals surface area contributed by atoms with Crippen molar-refractivity contribution in [2.45, 2.75) is 44.9 Å². The normalized spacial score (nSPS) is 19.0. The van der Waals surface area contributed by atoms with Gasteiger partial charge in [-0.25, -0.2) is 0 Å². The van der Waals surface area contributed by atoms with Crippen LogP contribution in [-0.2, 0) is 10.8 Å². The summed E-state index contributed by atoms with van der Waals surface area (Å²) in [7, 11) is 0. The van der Waals surface area contributed by atoms with Crippen molar-refractivity contribution in [1.82, 2.24) is 0 Å². The van der Waals surface area contributed by atoms with Gasteiger partial charge in [-0.05, 0) is 104 Å². The summed E-state index contributed by atoms with van der Waals surface area (Å²) in [6, 6.07) is 43.0. The van der Waals surface area contributed by atoms with Crippen molar-refractivity contribution < 1.29 is 0 Å². The van der Waals surface area contributed by atoms with Gasteiger partial charge in [-0.2, -0.15) is 0 Å². The number of allylic oxidation sites excluding steroid dienone is 8. The second-order valence-corrected chi connectivity index (χ2v) is 14.6. The van der Waals surface area contributed by atoms with Gasteiger partial charge in [0.25, 0.3) is 0 Å². The number of fused-ring (bicyclic) bond motifs is 6. The highest BCUT2D eigenvalue weighted by atomic mass is 15.1. The molecule has 5 aromatic rings. The van der Waals surface area contributed by atoms with E-state index in [0.717, 1.165) is 12.1 Å². The highest BCUT2D eigenvalue weighted by molar-refractivity contribution is 5.89. The predicted molar refractivity (Wildman–Crippen MR) is 199 cm³/mol. The smallest absolute Gasteiger partial charge is 0.0465 e. The van der Waals surface area contributed by atoms with Gasteiger partial charge in [0.15, 0.2) is 0 Å². The van der Waals surface area contributed by atoms with Crippen molar-refractivity contribution >= 4 is 22.6 Å². The van der Waals surface area contributed by atoms with Gasteiger partial charge in [0.05, 0.1) is 0 Å². The Morgan fingerprint density at radius 3 is 1.94 bits per heavy atom. The van der Waals surface area contributed by atoms with Crippen LogP contribution in [0.25, 0.3) is 27.8 Å².